The number of carbonyl (C=O) groups is 2. The third kappa shape index (κ3) is 3.94. The summed E-state index contributed by atoms with van der Waals surface area (Å²) in [7, 11) is 0. The zero-order valence-corrected chi connectivity index (χ0v) is 15.3. The van der Waals surface area contributed by atoms with Crippen LogP contribution in [0.4, 0.5) is 4.39 Å². The fourth-order valence-corrected chi connectivity index (χ4v) is 3.37. The SMILES string of the molecule is Cc1c(C(=O)O)cnn1C1CCN(C(=O)C(C)Oc2ccccc2F)CC1. The Hall–Kier alpha value is -2.90. The zero-order valence-electron chi connectivity index (χ0n) is 15.3. The molecule has 2 aromatic rings. The van der Waals surface area contributed by atoms with Gasteiger partial charge in [-0.2, -0.15) is 5.10 Å². The molecule has 2 heterocycles. The first-order valence-electron chi connectivity index (χ1n) is 8.86. The number of rotatable bonds is 5. The van der Waals surface area contributed by atoms with Crippen molar-refractivity contribution in [2.24, 2.45) is 0 Å². The van der Waals surface area contributed by atoms with Gasteiger partial charge < -0.3 is 14.7 Å². The summed E-state index contributed by atoms with van der Waals surface area (Å²) in [6.07, 6.45) is 1.91. The number of halogens is 1. The van der Waals surface area contributed by atoms with Crippen molar-refractivity contribution in [3.8, 4) is 5.75 Å². The van der Waals surface area contributed by atoms with Crippen LogP contribution in [0.25, 0.3) is 0 Å². The average molecular weight is 375 g/mol. The number of ether oxygens (including phenoxy) is 1. The Morgan fingerprint density at radius 1 is 1.30 bits per heavy atom. The second kappa shape index (κ2) is 7.77. The topological polar surface area (TPSA) is 84.7 Å². The smallest absolute Gasteiger partial charge is 0.339 e. The maximum Gasteiger partial charge on any atom is 0.339 e. The molecule has 1 aromatic carbocycles. The van der Waals surface area contributed by atoms with E-state index in [0.717, 1.165) is 0 Å². The molecule has 0 aliphatic carbocycles. The maximum absolute atomic E-state index is 13.7. The summed E-state index contributed by atoms with van der Waals surface area (Å²) in [5.41, 5.74) is 0.809. The molecule has 1 N–H and O–H groups in total. The van der Waals surface area contributed by atoms with Crippen LogP contribution in [-0.2, 0) is 4.79 Å². The molecule has 1 unspecified atom stereocenters. The molecule has 0 bridgehead atoms. The number of amides is 1. The van der Waals surface area contributed by atoms with Crippen LogP contribution in [0.5, 0.6) is 5.75 Å². The first kappa shape index (κ1) is 18.9. The molecule has 0 saturated carbocycles. The third-order valence-corrected chi connectivity index (χ3v) is 4.89. The van der Waals surface area contributed by atoms with Crippen LogP contribution in [-0.4, -0.2) is 50.9 Å². The van der Waals surface area contributed by atoms with Gasteiger partial charge in [0.2, 0.25) is 0 Å². The molecule has 1 aromatic heterocycles. The lowest BCUT2D eigenvalue weighted by Gasteiger charge is -2.34. The lowest BCUT2D eigenvalue weighted by atomic mass is 10.0. The number of carbonyl (C=O) groups excluding carboxylic acids is 1. The molecule has 7 nitrogen and oxygen atoms in total. The van der Waals surface area contributed by atoms with E-state index in [-0.39, 0.29) is 23.3 Å². The van der Waals surface area contributed by atoms with E-state index in [1.165, 1.54) is 18.3 Å². The Morgan fingerprint density at radius 2 is 1.96 bits per heavy atom. The number of aromatic nitrogens is 2. The highest BCUT2D eigenvalue weighted by Crippen LogP contribution is 2.25. The number of hydrogen-bond acceptors (Lipinski definition) is 4. The van der Waals surface area contributed by atoms with Gasteiger partial charge in [-0.1, -0.05) is 12.1 Å². The van der Waals surface area contributed by atoms with Crippen LogP contribution in [0.1, 0.15) is 41.9 Å². The van der Waals surface area contributed by atoms with Crippen molar-refractivity contribution in [1.29, 1.82) is 0 Å². The van der Waals surface area contributed by atoms with Gasteiger partial charge in [-0.15, -0.1) is 0 Å². The molecule has 3 rings (SSSR count). The molecule has 144 valence electrons. The quantitative estimate of drug-likeness (QED) is 0.869. The highest BCUT2D eigenvalue weighted by Gasteiger charge is 2.29. The van der Waals surface area contributed by atoms with Crippen molar-refractivity contribution in [2.45, 2.75) is 38.8 Å². The predicted molar refractivity (Wildman–Crippen MR) is 95.3 cm³/mol. The van der Waals surface area contributed by atoms with Crippen LogP contribution in [0.15, 0.2) is 30.5 Å². The number of hydrogen-bond donors (Lipinski definition) is 1. The number of carboxylic acid groups (broad SMARTS) is 1. The lowest BCUT2D eigenvalue weighted by molar-refractivity contribution is -0.139. The molecule has 27 heavy (non-hydrogen) atoms. The molecule has 1 aliphatic heterocycles. The average Bonchev–Trinajstić information content (AvgIpc) is 3.05. The summed E-state index contributed by atoms with van der Waals surface area (Å²) < 4.78 is 20.9. The monoisotopic (exact) mass is 375 g/mol. The van der Waals surface area contributed by atoms with E-state index >= 15 is 0 Å². The van der Waals surface area contributed by atoms with Gasteiger partial charge in [0.05, 0.1) is 17.9 Å². The largest absolute Gasteiger partial charge is 0.478 e. The number of aromatic carboxylic acids is 1. The molecule has 1 amide bonds. The standard InChI is InChI=1S/C19H22FN3O4/c1-12-15(19(25)26)11-21-23(12)14-7-9-22(10-8-14)18(24)13(2)27-17-6-4-3-5-16(17)20/h3-6,11,13-14H,7-10H2,1-2H3,(H,25,26). The summed E-state index contributed by atoms with van der Waals surface area (Å²) in [4.78, 5) is 25.5. The summed E-state index contributed by atoms with van der Waals surface area (Å²) >= 11 is 0. The van der Waals surface area contributed by atoms with Crippen LogP contribution >= 0.6 is 0 Å². The van der Waals surface area contributed by atoms with Gasteiger partial charge in [0.25, 0.3) is 5.91 Å². The summed E-state index contributed by atoms with van der Waals surface area (Å²) in [5.74, 6) is -1.63. The van der Waals surface area contributed by atoms with E-state index in [4.69, 9.17) is 9.84 Å². The van der Waals surface area contributed by atoms with Crippen molar-refractivity contribution in [3.05, 3.63) is 47.5 Å². The summed E-state index contributed by atoms with van der Waals surface area (Å²) in [6.45, 7) is 4.36. The Bertz CT molecular complexity index is 843. The van der Waals surface area contributed by atoms with Gasteiger partial charge in [0.15, 0.2) is 17.7 Å². The highest BCUT2D eigenvalue weighted by atomic mass is 19.1. The summed E-state index contributed by atoms with van der Waals surface area (Å²) in [6, 6.07) is 6.04. The van der Waals surface area contributed by atoms with Crippen LogP contribution in [0.3, 0.4) is 0 Å². The number of carboxylic acids is 1. The molecular formula is C19H22FN3O4. The first-order valence-corrected chi connectivity index (χ1v) is 8.86. The second-order valence-corrected chi connectivity index (χ2v) is 6.64. The van der Waals surface area contributed by atoms with Crippen molar-refractivity contribution < 1.29 is 23.8 Å². The van der Waals surface area contributed by atoms with Gasteiger partial charge >= 0.3 is 5.97 Å². The molecule has 0 spiro atoms. The van der Waals surface area contributed by atoms with Crippen LogP contribution in [0.2, 0.25) is 0 Å². The van der Waals surface area contributed by atoms with Crippen molar-refractivity contribution in [2.75, 3.05) is 13.1 Å². The van der Waals surface area contributed by atoms with Crippen molar-refractivity contribution >= 4 is 11.9 Å². The van der Waals surface area contributed by atoms with E-state index in [9.17, 15) is 14.0 Å². The lowest BCUT2D eigenvalue weighted by Crippen LogP contribution is -2.45. The fourth-order valence-electron chi connectivity index (χ4n) is 3.37. The minimum Gasteiger partial charge on any atom is -0.478 e. The molecule has 8 heteroatoms. The fraction of sp³-hybridized carbons (Fsp3) is 0.421. The Morgan fingerprint density at radius 3 is 2.56 bits per heavy atom. The molecule has 1 aliphatic rings. The normalized spacial score (nSPS) is 16.2. The predicted octanol–water partition coefficient (Wildman–Crippen LogP) is 2.66. The van der Waals surface area contributed by atoms with Crippen molar-refractivity contribution in [3.63, 3.8) is 0 Å². The van der Waals surface area contributed by atoms with Gasteiger partial charge in [0, 0.05) is 13.1 Å². The van der Waals surface area contributed by atoms with E-state index in [1.807, 2.05) is 0 Å². The van der Waals surface area contributed by atoms with Crippen molar-refractivity contribution in [1.82, 2.24) is 14.7 Å². The summed E-state index contributed by atoms with van der Waals surface area (Å²) in [5, 5.41) is 13.3. The number of likely N-dealkylation sites (tertiary alicyclic amines) is 1. The minimum atomic E-state index is -0.995. The Labute approximate surface area is 156 Å². The van der Waals surface area contributed by atoms with Gasteiger partial charge in [0.1, 0.15) is 5.56 Å². The molecule has 0 radical (unpaired) electrons. The van der Waals surface area contributed by atoms with E-state index in [0.29, 0.717) is 31.6 Å². The maximum atomic E-state index is 13.7. The van der Waals surface area contributed by atoms with Crippen LogP contribution in [0, 0.1) is 12.7 Å². The number of para-hydroxylation sites is 1. The molecule has 1 fully saturated rings. The molecule has 1 saturated heterocycles. The Balaban J connectivity index is 1.59. The third-order valence-electron chi connectivity index (χ3n) is 4.89. The van der Waals surface area contributed by atoms with Gasteiger partial charge in [-0.3, -0.25) is 9.48 Å². The van der Waals surface area contributed by atoms with Gasteiger partial charge in [-0.25, -0.2) is 9.18 Å². The van der Waals surface area contributed by atoms with E-state index in [2.05, 4.69) is 5.10 Å². The number of benzene rings is 1. The molecular weight excluding hydrogens is 353 g/mol. The zero-order chi connectivity index (χ0) is 19.6. The number of piperidine rings is 1. The number of nitrogens with zero attached hydrogens (tertiary/aromatic N) is 3. The van der Waals surface area contributed by atoms with Gasteiger partial charge in [-0.05, 0) is 38.8 Å². The first-order chi connectivity index (χ1) is 12.9. The second-order valence-electron chi connectivity index (χ2n) is 6.64. The Kier molecular flexibility index (Phi) is 5.43. The van der Waals surface area contributed by atoms with Crippen LogP contribution < -0.4 is 4.74 Å². The molecule has 1 atom stereocenters. The highest BCUT2D eigenvalue weighted by molar-refractivity contribution is 5.88. The van der Waals surface area contributed by atoms with E-state index < -0.39 is 17.9 Å². The van der Waals surface area contributed by atoms with E-state index in [1.54, 1.807) is 35.6 Å². The minimum absolute atomic E-state index is 0.0462.